The molecule has 2 aromatic heterocycles. The summed E-state index contributed by atoms with van der Waals surface area (Å²) in [7, 11) is 0. The number of carbonyl (C=O) groups is 1. The number of amides is 1. The van der Waals surface area contributed by atoms with E-state index in [4.69, 9.17) is 4.42 Å². The molecule has 1 saturated carbocycles. The van der Waals surface area contributed by atoms with Crippen molar-refractivity contribution >= 4 is 17.7 Å². The van der Waals surface area contributed by atoms with Gasteiger partial charge in [0.25, 0.3) is 0 Å². The molecule has 0 spiro atoms. The highest BCUT2D eigenvalue weighted by Crippen LogP contribution is 2.40. The maximum absolute atomic E-state index is 11.6. The first-order chi connectivity index (χ1) is 10.3. The predicted octanol–water partition coefficient (Wildman–Crippen LogP) is 2.02. The molecule has 3 rings (SSSR count). The Morgan fingerprint density at radius 1 is 1.52 bits per heavy atom. The zero-order chi connectivity index (χ0) is 14.7. The van der Waals surface area contributed by atoms with Gasteiger partial charge in [-0.15, -0.1) is 10.2 Å². The van der Waals surface area contributed by atoms with Gasteiger partial charge in [0.2, 0.25) is 5.91 Å². The average Bonchev–Trinajstić information content (AvgIpc) is 3.04. The first-order valence-electron chi connectivity index (χ1n) is 7.13. The molecule has 0 saturated heterocycles. The Hall–Kier alpha value is -1.76. The molecule has 6 nitrogen and oxygen atoms in total. The maximum atomic E-state index is 11.6. The Kier molecular flexibility index (Phi) is 4.28. The van der Waals surface area contributed by atoms with Crippen LogP contribution in [-0.4, -0.2) is 33.0 Å². The number of furan rings is 1. The average molecular weight is 306 g/mol. The molecule has 21 heavy (non-hydrogen) atoms. The third kappa shape index (κ3) is 3.47. The Morgan fingerprint density at radius 2 is 2.38 bits per heavy atom. The van der Waals surface area contributed by atoms with E-state index in [0.717, 1.165) is 29.6 Å². The van der Waals surface area contributed by atoms with Gasteiger partial charge in [0, 0.05) is 12.5 Å². The number of nitrogens with zero attached hydrogens (tertiary/aromatic N) is 3. The summed E-state index contributed by atoms with van der Waals surface area (Å²) < 4.78 is 7.49. The molecule has 112 valence electrons. The predicted molar refractivity (Wildman–Crippen MR) is 79.2 cm³/mol. The van der Waals surface area contributed by atoms with Crippen LogP contribution in [0.25, 0.3) is 0 Å². The Morgan fingerprint density at radius 3 is 3.05 bits per heavy atom. The van der Waals surface area contributed by atoms with Gasteiger partial charge in [-0.25, -0.2) is 0 Å². The monoisotopic (exact) mass is 306 g/mol. The summed E-state index contributed by atoms with van der Waals surface area (Å²) in [6.45, 7) is 3.17. The SMILES string of the molecule is CCNC(=O)CSc1nnc(C2CC2)n1Cc1ccco1. The van der Waals surface area contributed by atoms with Crippen molar-refractivity contribution in [2.45, 2.75) is 37.4 Å². The van der Waals surface area contributed by atoms with Gasteiger partial charge < -0.3 is 9.73 Å². The lowest BCUT2D eigenvalue weighted by molar-refractivity contribution is -0.118. The van der Waals surface area contributed by atoms with Crippen LogP contribution < -0.4 is 5.32 Å². The number of carbonyl (C=O) groups excluding carboxylic acids is 1. The highest BCUT2D eigenvalue weighted by molar-refractivity contribution is 7.99. The van der Waals surface area contributed by atoms with Crippen molar-refractivity contribution in [3.8, 4) is 0 Å². The molecule has 1 aliphatic rings. The Balaban J connectivity index is 1.74. The lowest BCUT2D eigenvalue weighted by Crippen LogP contribution is -2.24. The van der Waals surface area contributed by atoms with Crippen molar-refractivity contribution in [1.82, 2.24) is 20.1 Å². The highest BCUT2D eigenvalue weighted by atomic mass is 32.2. The van der Waals surface area contributed by atoms with Crippen LogP contribution in [0.15, 0.2) is 28.0 Å². The van der Waals surface area contributed by atoms with E-state index >= 15 is 0 Å². The zero-order valence-electron chi connectivity index (χ0n) is 11.9. The zero-order valence-corrected chi connectivity index (χ0v) is 12.7. The van der Waals surface area contributed by atoms with Crippen LogP contribution in [0.1, 0.15) is 37.3 Å². The van der Waals surface area contributed by atoms with Crippen LogP contribution in [0.5, 0.6) is 0 Å². The van der Waals surface area contributed by atoms with E-state index in [1.807, 2.05) is 19.1 Å². The van der Waals surface area contributed by atoms with Crippen molar-refractivity contribution in [2.75, 3.05) is 12.3 Å². The van der Waals surface area contributed by atoms with E-state index in [9.17, 15) is 4.79 Å². The molecule has 1 amide bonds. The number of hydrogen-bond donors (Lipinski definition) is 1. The van der Waals surface area contributed by atoms with Crippen molar-refractivity contribution in [3.63, 3.8) is 0 Å². The molecule has 1 fully saturated rings. The van der Waals surface area contributed by atoms with E-state index in [1.54, 1.807) is 6.26 Å². The molecule has 7 heteroatoms. The summed E-state index contributed by atoms with van der Waals surface area (Å²) in [5.74, 6) is 2.75. The van der Waals surface area contributed by atoms with Crippen LogP contribution in [0.2, 0.25) is 0 Å². The fraction of sp³-hybridized carbons (Fsp3) is 0.500. The smallest absolute Gasteiger partial charge is 0.230 e. The van der Waals surface area contributed by atoms with Crippen LogP contribution in [0.3, 0.4) is 0 Å². The molecule has 0 unspecified atom stereocenters. The molecule has 1 N–H and O–H groups in total. The molecule has 0 aliphatic heterocycles. The van der Waals surface area contributed by atoms with Crippen molar-refractivity contribution in [3.05, 3.63) is 30.0 Å². The van der Waals surface area contributed by atoms with Crippen LogP contribution in [0.4, 0.5) is 0 Å². The van der Waals surface area contributed by atoms with Crippen LogP contribution in [-0.2, 0) is 11.3 Å². The summed E-state index contributed by atoms with van der Waals surface area (Å²) in [5.41, 5.74) is 0. The van der Waals surface area contributed by atoms with Crippen molar-refractivity contribution in [1.29, 1.82) is 0 Å². The standard InChI is InChI=1S/C14H18N4O2S/c1-2-15-12(19)9-21-14-17-16-13(10-5-6-10)18(14)8-11-4-3-7-20-11/h3-4,7,10H,2,5-6,8-9H2,1H3,(H,15,19). The number of aromatic nitrogens is 3. The first kappa shape index (κ1) is 14.2. The van der Waals surface area contributed by atoms with Gasteiger partial charge in [-0.1, -0.05) is 11.8 Å². The molecule has 1 aliphatic carbocycles. The number of rotatable bonds is 7. The van der Waals surface area contributed by atoms with Gasteiger partial charge in [-0.05, 0) is 31.9 Å². The second-order valence-electron chi connectivity index (χ2n) is 5.02. The normalized spacial score (nSPS) is 14.3. The maximum Gasteiger partial charge on any atom is 0.230 e. The molecule has 2 aromatic rings. The lowest BCUT2D eigenvalue weighted by atomic mass is 10.3. The Labute approximate surface area is 127 Å². The van der Waals surface area contributed by atoms with E-state index in [1.165, 1.54) is 11.8 Å². The van der Waals surface area contributed by atoms with Crippen LogP contribution >= 0.6 is 11.8 Å². The summed E-state index contributed by atoms with van der Waals surface area (Å²) in [6.07, 6.45) is 3.99. The molecular formula is C14H18N4O2S. The lowest BCUT2D eigenvalue weighted by Gasteiger charge is -2.08. The van der Waals surface area contributed by atoms with E-state index in [-0.39, 0.29) is 5.91 Å². The minimum absolute atomic E-state index is 0.0167. The van der Waals surface area contributed by atoms with Gasteiger partial charge in [0.05, 0.1) is 18.6 Å². The fourth-order valence-electron chi connectivity index (χ4n) is 2.14. The van der Waals surface area contributed by atoms with Gasteiger partial charge >= 0.3 is 0 Å². The highest BCUT2D eigenvalue weighted by Gasteiger charge is 2.30. The van der Waals surface area contributed by atoms with Gasteiger partial charge in [0.1, 0.15) is 11.6 Å². The topological polar surface area (TPSA) is 73.0 Å². The largest absolute Gasteiger partial charge is 0.467 e. The fourth-order valence-corrected chi connectivity index (χ4v) is 2.91. The second-order valence-corrected chi connectivity index (χ2v) is 5.97. The summed E-state index contributed by atoms with van der Waals surface area (Å²) in [4.78, 5) is 11.6. The number of nitrogens with one attached hydrogen (secondary N) is 1. The quantitative estimate of drug-likeness (QED) is 0.792. The molecule has 0 radical (unpaired) electrons. The van der Waals surface area contributed by atoms with Gasteiger partial charge in [0.15, 0.2) is 5.16 Å². The number of hydrogen-bond acceptors (Lipinski definition) is 5. The third-order valence-corrected chi connectivity index (χ3v) is 4.26. The first-order valence-corrected chi connectivity index (χ1v) is 8.11. The molecule has 0 bridgehead atoms. The van der Waals surface area contributed by atoms with E-state index in [2.05, 4.69) is 20.1 Å². The minimum Gasteiger partial charge on any atom is -0.467 e. The molecular weight excluding hydrogens is 288 g/mol. The van der Waals surface area contributed by atoms with E-state index in [0.29, 0.717) is 24.8 Å². The van der Waals surface area contributed by atoms with Gasteiger partial charge in [-0.2, -0.15) is 0 Å². The van der Waals surface area contributed by atoms with Crippen molar-refractivity contribution in [2.24, 2.45) is 0 Å². The third-order valence-electron chi connectivity index (χ3n) is 3.29. The summed E-state index contributed by atoms with van der Waals surface area (Å²) in [6, 6.07) is 3.81. The minimum atomic E-state index is 0.0167. The Bertz CT molecular complexity index is 605. The van der Waals surface area contributed by atoms with Crippen LogP contribution in [0, 0.1) is 0 Å². The molecule has 0 aromatic carbocycles. The van der Waals surface area contributed by atoms with Crippen molar-refractivity contribution < 1.29 is 9.21 Å². The number of thioether (sulfide) groups is 1. The summed E-state index contributed by atoms with van der Waals surface area (Å²) in [5, 5.41) is 12.1. The summed E-state index contributed by atoms with van der Waals surface area (Å²) >= 11 is 1.42. The van der Waals surface area contributed by atoms with Gasteiger partial charge in [-0.3, -0.25) is 9.36 Å². The van der Waals surface area contributed by atoms with E-state index < -0.39 is 0 Å². The molecule has 2 heterocycles. The second kappa shape index (κ2) is 6.34. The molecule has 0 atom stereocenters.